The van der Waals surface area contributed by atoms with Crippen LogP contribution in [0.5, 0.6) is 0 Å². The minimum atomic E-state index is -5.02. The van der Waals surface area contributed by atoms with Crippen molar-refractivity contribution in [2.45, 2.75) is 24.9 Å². The Bertz CT molecular complexity index is 685. The Balaban J connectivity index is 2.60. The van der Waals surface area contributed by atoms with Crippen molar-refractivity contribution in [2.24, 2.45) is 5.73 Å². The molecule has 9 heteroatoms. The summed E-state index contributed by atoms with van der Waals surface area (Å²) in [6.45, 7) is 3.39. The Kier molecular flexibility index (Phi) is 4.38. The van der Waals surface area contributed by atoms with E-state index in [2.05, 4.69) is 6.58 Å². The Morgan fingerprint density at radius 3 is 2.00 bits per heavy atom. The number of benzene rings is 1. The average molecular weight is 351 g/mol. The van der Waals surface area contributed by atoms with Crippen LogP contribution in [0, 0.1) is 0 Å². The summed E-state index contributed by atoms with van der Waals surface area (Å²) < 4.78 is 82.2. The van der Waals surface area contributed by atoms with Gasteiger partial charge < -0.3 is 10.5 Å². The molecular formula is C15H11F6NO2. The first-order valence-corrected chi connectivity index (χ1v) is 6.56. The fourth-order valence-corrected chi connectivity index (χ4v) is 2.24. The topological polar surface area (TPSA) is 52.3 Å². The molecule has 0 aromatic heterocycles. The van der Waals surface area contributed by atoms with Crippen LogP contribution < -0.4 is 5.73 Å². The molecule has 1 unspecified atom stereocenters. The van der Waals surface area contributed by atoms with E-state index in [1.165, 1.54) is 6.08 Å². The highest BCUT2D eigenvalue weighted by Gasteiger charge is 2.40. The Labute approximate surface area is 132 Å². The third-order valence-electron chi connectivity index (χ3n) is 3.31. The molecule has 0 bridgehead atoms. The number of carbonyl (C=O) groups is 1. The zero-order valence-corrected chi connectivity index (χ0v) is 12.0. The van der Waals surface area contributed by atoms with Gasteiger partial charge in [0.05, 0.1) is 16.7 Å². The van der Waals surface area contributed by atoms with Gasteiger partial charge in [0, 0.05) is 6.42 Å². The average Bonchev–Trinajstić information content (AvgIpc) is 2.71. The SMILES string of the molecule is C=CCC1OC(N)=C(c2cc(C(F)(F)F)cc(C(F)(F)F)c2)C1=O. The molecule has 0 fully saturated rings. The van der Waals surface area contributed by atoms with Crippen LogP contribution in [0.1, 0.15) is 23.1 Å². The zero-order valence-electron chi connectivity index (χ0n) is 12.0. The first kappa shape index (κ1) is 17.9. The van der Waals surface area contributed by atoms with E-state index in [1.54, 1.807) is 0 Å². The summed E-state index contributed by atoms with van der Waals surface area (Å²) >= 11 is 0. The molecule has 1 aromatic rings. The lowest BCUT2D eigenvalue weighted by Crippen LogP contribution is -2.18. The molecule has 1 aliphatic heterocycles. The Morgan fingerprint density at radius 1 is 1.08 bits per heavy atom. The van der Waals surface area contributed by atoms with E-state index in [0.717, 1.165) is 0 Å². The number of ether oxygens (including phenoxy) is 1. The minimum Gasteiger partial charge on any atom is -0.467 e. The highest BCUT2D eigenvalue weighted by Crippen LogP contribution is 2.39. The highest BCUT2D eigenvalue weighted by molar-refractivity contribution is 6.25. The van der Waals surface area contributed by atoms with Crippen LogP contribution in [0.4, 0.5) is 26.3 Å². The van der Waals surface area contributed by atoms with Crippen LogP contribution in [0.25, 0.3) is 5.57 Å². The number of rotatable bonds is 3. The second-order valence-corrected chi connectivity index (χ2v) is 5.03. The lowest BCUT2D eigenvalue weighted by molar-refractivity contribution is -0.143. The fourth-order valence-electron chi connectivity index (χ4n) is 2.24. The number of halogens is 6. The van der Waals surface area contributed by atoms with Gasteiger partial charge in [-0.2, -0.15) is 26.3 Å². The number of ketones is 1. The Morgan fingerprint density at radius 2 is 1.58 bits per heavy atom. The van der Waals surface area contributed by atoms with Crippen LogP contribution in [-0.4, -0.2) is 11.9 Å². The minimum absolute atomic E-state index is 0.0219. The number of Topliss-reactive ketones (excluding diaryl/α,β-unsaturated/α-hetero) is 1. The molecule has 0 saturated carbocycles. The van der Waals surface area contributed by atoms with Gasteiger partial charge in [-0.25, -0.2) is 0 Å². The predicted octanol–water partition coefficient (Wildman–Crippen LogP) is 3.90. The predicted molar refractivity (Wildman–Crippen MR) is 72.2 cm³/mol. The molecule has 0 radical (unpaired) electrons. The Hall–Kier alpha value is -2.45. The van der Waals surface area contributed by atoms with Gasteiger partial charge in [0.25, 0.3) is 0 Å². The normalized spacial score (nSPS) is 18.8. The summed E-state index contributed by atoms with van der Waals surface area (Å²) in [5, 5.41) is 0. The summed E-state index contributed by atoms with van der Waals surface area (Å²) in [7, 11) is 0. The third kappa shape index (κ3) is 3.39. The van der Waals surface area contributed by atoms with Crippen LogP contribution >= 0.6 is 0 Å². The van der Waals surface area contributed by atoms with E-state index in [4.69, 9.17) is 10.5 Å². The lowest BCUT2D eigenvalue weighted by Gasteiger charge is -2.14. The molecule has 0 aliphatic carbocycles. The van der Waals surface area contributed by atoms with Crippen molar-refractivity contribution in [1.82, 2.24) is 0 Å². The smallest absolute Gasteiger partial charge is 0.416 e. The van der Waals surface area contributed by atoms with Crippen molar-refractivity contribution < 1.29 is 35.9 Å². The van der Waals surface area contributed by atoms with Gasteiger partial charge >= 0.3 is 12.4 Å². The first-order valence-electron chi connectivity index (χ1n) is 6.56. The van der Waals surface area contributed by atoms with E-state index >= 15 is 0 Å². The summed E-state index contributed by atoms with van der Waals surface area (Å²) in [4.78, 5) is 12.2. The number of carbonyl (C=O) groups excluding carboxylic acids is 1. The third-order valence-corrected chi connectivity index (χ3v) is 3.31. The van der Waals surface area contributed by atoms with Gasteiger partial charge in [-0.1, -0.05) is 6.08 Å². The van der Waals surface area contributed by atoms with E-state index < -0.39 is 52.4 Å². The lowest BCUT2D eigenvalue weighted by atomic mass is 9.95. The zero-order chi connectivity index (χ0) is 18.3. The molecule has 130 valence electrons. The molecule has 1 atom stereocenters. The van der Waals surface area contributed by atoms with E-state index in [9.17, 15) is 31.1 Å². The van der Waals surface area contributed by atoms with Crippen molar-refractivity contribution in [3.8, 4) is 0 Å². The number of alkyl halides is 6. The molecule has 1 aliphatic rings. The molecule has 24 heavy (non-hydrogen) atoms. The van der Waals surface area contributed by atoms with Gasteiger partial charge in [0.15, 0.2) is 12.0 Å². The largest absolute Gasteiger partial charge is 0.467 e. The van der Waals surface area contributed by atoms with Gasteiger partial charge in [0.2, 0.25) is 5.78 Å². The number of nitrogens with two attached hydrogens (primary N) is 1. The van der Waals surface area contributed by atoms with Gasteiger partial charge in [-0.05, 0) is 23.8 Å². The van der Waals surface area contributed by atoms with Crippen molar-refractivity contribution in [1.29, 1.82) is 0 Å². The van der Waals surface area contributed by atoms with Crippen molar-refractivity contribution >= 4 is 11.4 Å². The molecule has 1 aromatic carbocycles. The van der Waals surface area contributed by atoms with Crippen LogP contribution in [0.3, 0.4) is 0 Å². The summed E-state index contributed by atoms with van der Waals surface area (Å²) in [5.74, 6) is -1.31. The van der Waals surface area contributed by atoms with Crippen LogP contribution in [0.15, 0.2) is 36.7 Å². The van der Waals surface area contributed by atoms with Gasteiger partial charge in [-0.15, -0.1) is 6.58 Å². The molecule has 0 spiro atoms. The second kappa shape index (κ2) is 5.88. The first-order chi connectivity index (χ1) is 10.9. The van der Waals surface area contributed by atoms with Crippen molar-refractivity contribution in [3.63, 3.8) is 0 Å². The van der Waals surface area contributed by atoms with E-state index in [1.807, 2.05) is 0 Å². The molecule has 3 nitrogen and oxygen atoms in total. The molecule has 1 heterocycles. The summed E-state index contributed by atoms with van der Waals surface area (Å²) in [5.41, 5.74) is 1.32. The van der Waals surface area contributed by atoms with E-state index in [-0.39, 0.29) is 12.5 Å². The van der Waals surface area contributed by atoms with Crippen LogP contribution in [0.2, 0.25) is 0 Å². The molecule has 0 amide bonds. The maximum absolute atomic E-state index is 12.9. The summed E-state index contributed by atoms with van der Waals surface area (Å²) in [6.07, 6.45) is -9.80. The quantitative estimate of drug-likeness (QED) is 0.664. The monoisotopic (exact) mass is 351 g/mol. The fraction of sp³-hybridized carbons (Fsp3) is 0.267. The van der Waals surface area contributed by atoms with Gasteiger partial charge in [-0.3, -0.25) is 4.79 Å². The van der Waals surface area contributed by atoms with Crippen LogP contribution in [-0.2, 0) is 21.9 Å². The number of hydrogen-bond donors (Lipinski definition) is 1. The highest BCUT2D eigenvalue weighted by atomic mass is 19.4. The number of hydrogen-bond acceptors (Lipinski definition) is 3. The summed E-state index contributed by atoms with van der Waals surface area (Å²) in [6, 6.07) is 0.853. The van der Waals surface area contributed by atoms with Crippen molar-refractivity contribution in [3.05, 3.63) is 53.4 Å². The molecule has 2 N–H and O–H groups in total. The molecular weight excluding hydrogens is 340 g/mol. The van der Waals surface area contributed by atoms with E-state index in [0.29, 0.717) is 12.1 Å². The molecule has 0 saturated heterocycles. The standard InChI is InChI=1S/C15H11F6NO2/c1-2-3-10-12(23)11(13(22)24-10)7-4-8(14(16,17)18)6-9(5-7)15(19,20)21/h2,4-6,10H,1,3,22H2. The van der Waals surface area contributed by atoms with Crippen molar-refractivity contribution in [2.75, 3.05) is 0 Å². The molecule has 2 rings (SSSR count). The maximum Gasteiger partial charge on any atom is 0.416 e. The second-order valence-electron chi connectivity index (χ2n) is 5.03. The maximum atomic E-state index is 12.9. The van der Waals surface area contributed by atoms with Gasteiger partial charge in [0.1, 0.15) is 0 Å².